The average Bonchev–Trinajstić information content (AvgIpc) is 2.52. The molecule has 25 heavy (non-hydrogen) atoms. The Labute approximate surface area is 147 Å². The van der Waals surface area contributed by atoms with Crippen LogP contribution in [0.2, 0.25) is 0 Å². The number of amides is 1. The van der Waals surface area contributed by atoms with Crippen molar-refractivity contribution < 1.29 is 19.1 Å². The molecular weight excluding hydrogens is 318 g/mol. The molecular formula is C20H23NO4. The molecule has 2 rings (SSSR count). The molecule has 0 aliphatic heterocycles. The first-order chi connectivity index (χ1) is 11.7. The summed E-state index contributed by atoms with van der Waals surface area (Å²) >= 11 is 0. The molecule has 0 spiro atoms. The van der Waals surface area contributed by atoms with E-state index in [2.05, 4.69) is 5.32 Å². The molecule has 0 aromatic heterocycles. The molecule has 0 fully saturated rings. The van der Waals surface area contributed by atoms with Crippen molar-refractivity contribution in [1.29, 1.82) is 0 Å². The van der Waals surface area contributed by atoms with Crippen molar-refractivity contribution in [2.75, 3.05) is 12.4 Å². The first kappa shape index (κ1) is 18.6. The van der Waals surface area contributed by atoms with Gasteiger partial charge in [-0.3, -0.25) is 14.4 Å². The number of ether oxygens (including phenoxy) is 1. The fraction of sp³-hybridized carbons (Fsp3) is 0.350. The maximum absolute atomic E-state index is 12.4. The molecule has 1 aromatic rings. The highest BCUT2D eigenvalue weighted by atomic mass is 16.5. The maximum atomic E-state index is 12.4. The molecule has 1 amide bonds. The lowest BCUT2D eigenvalue weighted by molar-refractivity contribution is -0.119. The number of rotatable bonds is 5. The first-order valence-electron chi connectivity index (χ1n) is 8.08. The Morgan fingerprint density at radius 2 is 1.72 bits per heavy atom. The molecule has 0 saturated carbocycles. The van der Waals surface area contributed by atoms with Crippen LogP contribution >= 0.6 is 0 Å². The summed E-state index contributed by atoms with van der Waals surface area (Å²) in [6.07, 6.45) is 1.45. The van der Waals surface area contributed by atoms with Crippen LogP contribution in [-0.2, 0) is 14.4 Å². The lowest BCUT2D eigenvalue weighted by atomic mass is 9.73. The molecule has 0 saturated heterocycles. The normalized spacial score (nSPS) is 15.2. The number of carbonyl (C=O) groups is 3. The van der Waals surface area contributed by atoms with E-state index in [1.54, 1.807) is 59.1 Å². The van der Waals surface area contributed by atoms with Crippen molar-refractivity contribution in [2.24, 2.45) is 5.41 Å². The highest BCUT2D eigenvalue weighted by Gasteiger charge is 2.36. The van der Waals surface area contributed by atoms with Crippen LogP contribution in [0.25, 0.3) is 0 Å². The van der Waals surface area contributed by atoms with Gasteiger partial charge in [0.2, 0.25) is 5.91 Å². The van der Waals surface area contributed by atoms with Gasteiger partial charge in [-0.05, 0) is 44.2 Å². The fourth-order valence-corrected chi connectivity index (χ4v) is 3.14. The van der Waals surface area contributed by atoms with Crippen LogP contribution in [0.15, 0.2) is 47.1 Å². The van der Waals surface area contributed by atoms with Gasteiger partial charge in [0.1, 0.15) is 5.75 Å². The minimum absolute atomic E-state index is 0.0949. The first-order valence-corrected chi connectivity index (χ1v) is 8.08. The van der Waals surface area contributed by atoms with Crippen molar-refractivity contribution in [2.45, 2.75) is 34.1 Å². The van der Waals surface area contributed by atoms with Crippen LogP contribution in [0.4, 0.5) is 5.69 Å². The van der Waals surface area contributed by atoms with Crippen molar-refractivity contribution in [3.8, 4) is 5.75 Å². The Kier molecular flexibility index (Phi) is 5.26. The predicted molar refractivity (Wildman–Crippen MR) is 96.5 cm³/mol. The summed E-state index contributed by atoms with van der Waals surface area (Å²) < 4.78 is 5.08. The third-order valence-corrected chi connectivity index (χ3v) is 4.32. The van der Waals surface area contributed by atoms with Gasteiger partial charge in [0.05, 0.1) is 7.11 Å². The van der Waals surface area contributed by atoms with Gasteiger partial charge in [-0.2, -0.15) is 0 Å². The van der Waals surface area contributed by atoms with Crippen LogP contribution in [0, 0.1) is 5.41 Å². The molecule has 5 nitrogen and oxygen atoms in total. The van der Waals surface area contributed by atoms with Crippen LogP contribution in [0.5, 0.6) is 5.75 Å². The quantitative estimate of drug-likeness (QED) is 0.833. The molecule has 0 heterocycles. The number of anilines is 1. The van der Waals surface area contributed by atoms with Gasteiger partial charge >= 0.3 is 0 Å². The van der Waals surface area contributed by atoms with E-state index < -0.39 is 5.41 Å². The molecule has 1 aromatic carbocycles. The van der Waals surface area contributed by atoms with E-state index in [9.17, 15) is 14.4 Å². The van der Waals surface area contributed by atoms with E-state index in [-0.39, 0.29) is 23.9 Å². The molecule has 0 bridgehead atoms. The molecule has 1 aliphatic carbocycles. The number of hydrogen-bond acceptors (Lipinski definition) is 4. The largest absolute Gasteiger partial charge is 0.497 e. The van der Waals surface area contributed by atoms with Crippen molar-refractivity contribution in [3.05, 3.63) is 47.1 Å². The van der Waals surface area contributed by atoms with Crippen LogP contribution in [0.1, 0.15) is 34.1 Å². The van der Waals surface area contributed by atoms with Crippen LogP contribution < -0.4 is 10.1 Å². The molecule has 1 aliphatic rings. The third kappa shape index (κ3) is 4.05. The summed E-state index contributed by atoms with van der Waals surface area (Å²) in [6, 6.07) is 7.00. The lowest BCUT2D eigenvalue weighted by Crippen LogP contribution is -2.31. The highest BCUT2D eigenvalue weighted by molar-refractivity contribution is 6.22. The Hall–Kier alpha value is -2.69. The summed E-state index contributed by atoms with van der Waals surface area (Å²) in [4.78, 5) is 37.0. The Morgan fingerprint density at radius 1 is 1.12 bits per heavy atom. The summed E-state index contributed by atoms with van der Waals surface area (Å²) in [5.41, 5.74) is 1.17. The smallest absolute Gasteiger partial charge is 0.225 e. The summed E-state index contributed by atoms with van der Waals surface area (Å²) in [6.45, 7) is 6.89. The van der Waals surface area contributed by atoms with Gasteiger partial charge in [0.25, 0.3) is 0 Å². The number of benzene rings is 1. The molecule has 0 radical (unpaired) electrons. The predicted octanol–water partition coefficient (Wildman–Crippen LogP) is 3.46. The van der Waals surface area contributed by atoms with Crippen LogP contribution in [-0.4, -0.2) is 24.6 Å². The van der Waals surface area contributed by atoms with Gasteiger partial charge in [0, 0.05) is 34.2 Å². The monoisotopic (exact) mass is 341 g/mol. The second-order valence-electron chi connectivity index (χ2n) is 6.86. The molecule has 5 heteroatoms. The van der Waals surface area contributed by atoms with Crippen LogP contribution in [0.3, 0.4) is 0 Å². The second-order valence-corrected chi connectivity index (χ2v) is 6.86. The van der Waals surface area contributed by atoms with Gasteiger partial charge < -0.3 is 10.1 Å². The Bertz CT molecular complexity index is 782. The fourth-order valence-electron chi connectivity index (χ4n) is 3.14. The maximum Gasteiger partial charge on any atom is 0.225 e. The minimum atomic E-state index is -0.745. The van der Waals surface area contributed by atoms with Gasteiger partial charge in [-0.25, -0.2) is 0 Å². The average molecular weight is 341 g/mol. The van der Waals surface area contributed by atoms with Gasteiger partial charge in [-0.1, -0.05) is 13.8 Å². The van der Waals surface area contributed by atoms with E-state index >= 15 is 0 Å². The number of Topliss-reactive ketones (excluding diaryl/α,β-unsaturated/α-hetero) is 1. The molecule has 1 N–H and O–H groups in total. The zero-order valence-electron chi connectivity index (χ0n) is 15.2. The molecule has 0 atom stereocenters. The topological polar surface area (TPSA) is 72.5 Å². The van der Waals surface area contributed by atoms with Gasteiger partial charge in [-0.15, -0.1) is 0 Å². The summed E-state index contributed by atoms with van der Waals surface area (Å²) in [5, 5.41) is 2.81. The van der Waals surface area contributed by atoms with E-state index in [1.807, 2.05) is 0 Å². The van der Waals surface area contributed by atoms with Crippen molar-refractivity contribution >= 4 is 23.2 Å². The van der Waals surface area contributed by atoms with E-state index in [4.69, 9.17) is 4.74 Å². The Morgan fingerprint density at radius 3 is 2.28 bits per heavy atom. The summed E-state index contributed by atoms with van der Waals surface area (Å²) in [7, 11) is 1.57. The van der Waals surface area contributed by atoms with Crippen molar-refractivity contribution in [3.63, 3.8) is 0 Å². The number of nitrogens with one attached hydrogen (secondary N) is 1. The lowest BCUT2D eigenvalue weighted by Gasteiger charge is -2.29. The number of carbonyl (C=O) groups excluding carboxylic acids is 3. The summed E-state index contributed by atoms with van der Waals surface area (Å²) in [5.74, 6) is 0.143. The van der Waals surface area contributed by atoms with E-state index in [0.717, 1.165) is 0 Å². The zero-order chi connectivity index (χ0) is 18.8. The SMILES string of the molecule is COc1ccc(NC(=O)CC(C)(C)C2=C(C)C(=O)C(C)=CC2=O)cc1. The number of methoxy groups -OCH3 is 1. The third-order valence-electron chi connectivity index (χ3n) is 4.32. The van der Waals surface area contributed by atoms with E-state index in [1.165, 1.54) is 6.08 Å². The number of hydrogen-bond donors (Lipinski definition) is 1. The Balaban J connectivity index is 2.15. The standard InChI is InChI=1S/C20H23NO4/c1-12-10-16(22)18(13(2)19(12)24)20(3,4)11-17(23)21-14-6-8-15(25-5)9-7-14/h6-10H,11H2,1-5H3,(H,21,23). The molecule has 0 unspecified atom stereocenters. The number of ketones is 2. The van der Waals surface area contributed by atoms with Gasteiger partial charge in [0.15, 0.2) is 11.6 Å². The second kappa shape index (κ2) is 7.05. The zero-order valence-corrected chi connectivity index (χ0v) is 15.2. The highest BCUT2D eigenvalue weighted by Crippen LogP contribution is 2.37. The number of allylic oxidation sites excluding steroid dienone is 4. The van der Waals surface area contributed by atoms with Crippen molar-refractivity contribution in [1.82, 2.24) is 0 Å². The molecule has 132 valence electrons. The van der Waals surface area contributed by atoms with E-state index in [0.29, 0.717) is 28.2 Å². The minimum Gasteiger partial charge on any atom is -0.497 e.